The smallest absolute Gasteiger partial charge is 0.0559 e. The van der Waals surface area contributed by atoms with Crippen molar-refractivity contribution in [3.63, 3.8) is 0 Å². The van der Waals surface area contributed by atoms with Crippen molar-refractivity contribution in [2.24, 2.45) is 0 Å². The first-order valence-corrected chi connectivity index (χ1v) is 5.05. The normalized spacial score (nSPS) is 8.62. The molecule has 0 amide bonds. The van der Waals surface area contributed by atoms with E-state index in [2.05, 4.69) is 30.2 Å². The molecule has 0 saturated heterocycles. The van der Waals surface area contributed by atoms with Crippen LogP contribution in [0.5, 0.6) is 0 Å². The Bertz CT molecular complexity index is 221. The minimum Gasteiger partial charge on any atom is -0.384 e. The molecule has 0 unspecified atom stereocenters. The molecule has 0 atom stereocenters. The lowest BCUT2D eigenvalue weighted by Gasteiger charge is -2.06. The Kier molecular flexibility index (Phi) is 6.98. The summed E-state index contributed by atoms with van der Waals surface area (Å²) in [6, 6.07) is 2.05. The van der Waals surface area contributed by atoms with Gasteiger partial charge in [-0.25, -0.2) is 0 Å². The van der Waals surface area contributed by atoms with Crippen LogP contribution in [-0.2, 0) is 6.42 Å². The molecule has 0 aliphatic carbocycles. The molecule has 0 aliphatic rings. The lowest BCUT2D eigenvalue weighted by Crippen LogP contribution is -2.00. The molecule has 1 heterocycles. The first-order valence-electron chi connectivity index (χ1n) is 5.05. The predicted molar refractivity (Wildman–Crippen MR) is 59.1 cm³/mol. The van der Waals surface area contributed by atoms with Crippen LogP contribution in [0.25, 0.3) is 0 Å². The third-order valence-corrected chi connectivity index (χ3v) is 1.66. The SMILES string of the molecule is CC.CCNc1cnccc1CC. The highest BCUT2D eigenvalue weighted by atomic mass is 14.9. The van der Waals surface area contributed by atoms with E-state index in [0.717, 1.165) is 18.7 Å². The quantitative estimate of drug-likeness (QED) is 0.773. The molecule has 1 rings (SSSR count). The number of aryl methyl sites for hydroxylation is 1. The number of hydrogen-bond donors (Lipinski definition) is 1. The molecule has 13 heavy (non-hydrogen) atoms. The number of rotatable bonds is 3. The summed E-state index contributed by atoms with van der Waals surface area (Å²) in [6.45, 7) is 9.20. The highest BCUT2D eigenvalue weighted by Gasteiger charge is 1.96. The molecule has 2 nitrogen and oxygen atoms in total. The second kappa shape index (κ2) is 7.59. The Balaban J connectivity index is 0.000000671. The van der Waals surface area contributed by atoms with Crippen LogP contribution in [0.15, 0.2) is 18.5 Å². The maximum absolute atomic E-state index is 4.05. The van der Waals surface area contributed by atoms with Crippen LogP contribution in [0.4, 0.5) is 5.69 Å². The van der Waals surface area contributed by atoms with Gasteiger partial charge in [-0.2, -0.15) is 0 Å². The Morgan fingerprint density at radius 3 is 2.54 bits per heavy atom. The molecule has 0 spiro atoms. The fourth-order valence-corrected chi connectivity index (χ4v) is 1.08. The molecule has 0 fully saturated rings. The second-order valence-electron chi connectivity index (χ2n) is 2.42. The van der Waals surface area contributed by atoms with Crippen molar-refractivity contribution in [3.8, 4) is 0 Å². The van der Waals surface area contributed by atoms with Crippen molar-refractivity contribution in [2.75, 3.05) is 11.9 Å². The van der Waals surface area contributed by atoms with Crippen LogP contribution >= 0.6 is 0 Å². The topological polar surface area (TPSA) is 24.9 Å². The zero-order valence-corrected chi connectivity index (χ0v) is 9.09. The summed E-state index contributed by atoms with van der Waals surface area (Å²) in [6.07, 6.45) is 4.77. The monoisotopic (exact) mass is 180 g/mol. The highest BCUT2D eigenvalue weighted by molar-refractivity contribution is 5.48. The molecular formula is C11H20N2. The van der Waals surface area contributed by atoms with Gasteiger partial charge in [0.05, 0.1) is 11.9 Å². The fraction of sp³-hybridized carbons (Fsp3) is 0.545. The average Bonchev–Trinajstić information content (AvgIpc) is 2.22. The predicted octanol–water partition coefficient (Wildman–Crippen LogP) is 3.10. The number of aromatic nitrogens is 1. The van der Waals surface area contributed by atoms with Gasteiger partial charge in [-0.15, -0.1) is 0 Å². The van der Waals surface area contributed by atoms with Gasteiger partial charge in [0.25, 0.3) is 0 Å². The second-order valence-corrected chi connectivity index (χ2v) is 2.42. The van der Waals surface area contributed by atoms with Gasteiger partial charge in [0.1, 0.15) is 0 Å². The van der Waals surface area contributed by atoms with Crippen molar-refractivity contribution in [1.82, 2.24) is 4.98 Å². The summed E-state index contributed by atoms with van der Waals surface area (Å²) in [5, 5.41) is 3.26. The van der Waals surface area contributed by atoms with Crippen LogP contribution in [0.3, 0.4) is 0 Å². The van der Waals surface area contributed by atoms with E-state index in [-0.39, 0.29) is 0 Å². The Morgan fingerprint density at radius 2 is 2.00 bits per heavy atom. The molecule has 0 bridgehead atoms. The third-order valence-electron chi connectivity index (χ3n) is 1.66. The summed E-state index contributed by atoms with van der Waals surface area (Å²) < 4.78 is 0. The molecule has 0 aromatic carbocycles. The number of pyridine rings is 1. The van der Waals surface area contributed by atoms with E-state index in [0.29, 0.717) is 0 Å². The fourth-order valence-electron chi connectivity index (χ4n) is 1.08. The van der Waals surface area contributed by atoms with Gasteiger partial charge in [0.2, 0.25) is 0 Å². The lowest BCUT2D eigenvalue weighted by molar-refractivity contribution is 1.09. The Morgan fingerprint density at radius 1 is 1.31 bits per heavy atom. The van der Waals surface area contributed by atoms with Crippen LogP contribution in [-0.4, -0.2) is 11.5 Å². The summed E-state index contributed by atoms with van der Waals surface area (Å²) in [5.74, 6) is 0. The van der Waals surface area contributed by atoms with Crippen LogP contribution < -0.4 is 5.32 Å². The molecule has 0 aliphatic heterocycles. The van der Waals surface area contributed by atoms with Crippen molar-refractivity contribution in [2.45, 2.75) is 34.1 Å². The molecule has 1 N–H and O–H groups in total. The first-order chi connectivity index (χ1) is 6.38. The summed E-state index contributed by atoms with van der Waals surface area (Å²) in [5.41, 5.74) is 2.50. The molecule has 0 saturated carbocycles. The Labute approximate surface area is 81.4 Å². The summed E-state index contributed by atoms with van der Waals surface area (Å²) in [7, 11) is 0. The number of anilines is 1. The molecule has 2 heteroatoms. The van der Waals surface area contributed by atoms with E-state index in [1.165, 1.54) is 5.56 Å². The van der Waals surface area contributed by atoms with Gasteiger partial charge >= 0.3 is 0 Å². The minimum atomic E-state index is 0.957. The van der Waals surface area contributed by atoms with Gasteiger partial charge in [-0.05, 0) is 25.0 Å². The Hall–Kier alpha value is -1.05. The third kappa shape index (κ3) is 3.92. The average molecular weight is 180 g/mol. The van der Waals surface area contributed by atoms with Crippen molar-refractivity contribution in [1.29, 1.82) is 0 Å². The van der Waals surface area contributed by atoms with E-state index in [4.69, 9.17) is 0 Å². The lowest BCUT2D eigenvalue weighted by atomic mass is 10.2. The van der Waals surface area contributed by atoms with Gasteiger partial charge in [0, 0.05) is 12.7 Å². The van der Waals surface area contributed by atoms with Crippen molar-refractivity contribution in [3.05, 3.63) is 24.0 Å². The summed E-state index contributed by atoms with van der Waals surface area (Å²) >= 11 is 0. The van der Waals surface area contributed by atoms with Crippen LogP contribution in [0, 0.1) is 0 Å². The number of hydrogen-bond acceptors (Lipinski definition) is 2. The zero-order chi connectivity index (χ0) is 10.1. The number of nitrogens with one attached hydrogen (secondary N) is 1. The van der Waals surface area contributed by atoms with Gasteiger partial charge in [0.15, 0.2) is 0 Å². The van der Waals surface area contributed by atoms with E-state index in [1.807, 2.05) is 26.2 Å². The van der Waals surface area contributed by atoms with Crippen LogP contribution in [0.1, 0.15) is 33.3 Å². The zero-order valence-electron chi connectivity index (χ0n) is 9.09. The van der Waals surface area contributed by atoms with E-state index >= 15 is 0 Å². The van der Waals surface area contributed by atoms with E-state index in [1.54, 1.807) is 0 Å². The maximum atomic E-state index is 4.05. The highest BCUT2D eigenvalue weighted by Crippen LogP contribution is 2.12. The van der Waals surface area contributed by atoms with E-state index < -0.39 is 0 Å². The van der Waals surface area contributed by atoms with Crippen molar-refractivity contribution < 1.29 is 0 Å². The molecule has 1 aromatic rings. The standard InChI is InChI=1S/C9H14N2.C2H6/c1-3-8-5-6-10-7-9(8)11-4-2;1-2/h5-7,11H,3-4H2,1-2H3;1-2H3. The van der Waals surface area contributed by atoms with E-state index in [9.17, 15) is 0 Å². The van der Waals surface area contributed by atoms with Gasteiger partial charge in [-0.3, -0.25) is 4.98 Å². The molecule has 1 aromatic heterocycles. The molecular weight excluding hydrogens is 160 g/mol. The molecule has 0 radical (unpaired) electrons. The summed E-state index contributed by atoms with van der Waals surface area (Å²) in [4.78, 5) is 4.05. The van der Waals surface area contributed by atoms with Crippen molar-refractivity contribution >= 4 is 5.69 Å². The first kappa shape index (κ1) is 11.9. The van der Waals surface area contributed by atoms with Crippen LogP contribution in [0.2, 0.25) is 0 Å². The minimum absolute atomic E-state index is 0.957. The van der Waals surface area contributed by atoms with Gasteiger partial charge < -0.3 is 5.32 Å². The largest absolute Gasteiger partial charge is 0.384 e. The van der Waals surface area contributed by atoms with Gasteiger partial charge in [-0.1, -0.05) is 20.8 Å². The maximum Gasteiger partial charge on any atom is 0.0559 e. The number of nitrogens with zero attached hydrogens (tertiary/aromatic N) is 1. The molecule has 74 valence electrons.